The summed E-state index contributed by atoms with van der Waals surface area (Å²) in [6.45, 7) is 13.6. The molecule has 88 valence electrons. The summed E-state index contributed by atoms with van der Waals surface area (Å²) in [7, 11) is 0. The van der Waals surface area contributed by atoms with Gasteiger partial charge in [0.1, 0.15) is 0 Å². The van der Waals surface area contributed by atoms with E-state index < -0.39 is 0 Å². The van der Waals surface area contributed by atoms with Gasteiger partial charge in [0.15, 0.2) is 0 Å². The molecule has 0 aliphatic heterocycles. The van der Waals surface area contributed by atoms with Crippen LogP contribution in [0.4, 0.5) is 0 Å². The average molecular weight is 200 g/mol. The lowest BCUT2D eigenvalue weighted by atomic mass is 9.88. The minimum atomic E-state index is 0.583. The molecule has 0 saturated heterocycles. The quantitative estimate of drug-likeness (QED) is 0.475. The van der Waals surface area contributed by atoms with Gasteiger partial charge in [0.25, 0.3) is 0 Å². The molecule has 0 heterocycles. The van der Waals surface area contributed by atoms with Crippen molar-refractivity contribution in [3.8, 4) is 0 Å². The highest BCUT2D eigenvalue weighted by Crippen LogP contribution is 2.22. The van der Waals surface area contributed by atoms with Gasteiger partial charge in [-0.25, -0.2) is 0 Å². The van der Waals surface area contributed by atoms with E-state index in [0.29, 0.717) is 5.41 Å². The zero-order valence-electron chi connectivity index (χ0n) is 11.4. The van der Waals surface area contributed by atoms with Gasteiger partial charge in [-0.15, -0.1) is 0 Å². The lowest BCUT2D eigenvalue weighted by Crippen LogP contribution is -2.05. The molecule has 0 N–H and O–H groups in total. The zero-order valence-corrected chi connectivity index (χ0v) is 11.4. The SMILES string of the molecule is CCC(C)(C)CC.CCCCCCC. The van der Waals surface area contributed by atoms with Gasteiger partial charge in [0.2, 0.25) is 0 Å². The maximum Gasteiger partial charge on any atom is -0.0359 e. The van der Waals surface area contributed by atoms with Gasteiger partial charge in [-0.2, -0.15) is 0 Å². The normalized spacial score (nSPS) is 10.7. The molecular formula is C14H32. The molecule has 0 spiro atoms. The van der Waals surface area contributed by atoms with Crippen LogP contribution in [0.1, 0.15) is 86.5 Å². The highest BCUT2D eigenvalue weighted by Gasteiger charge is 2.09. The first-order valence-corrected chi connectivity index (χ1v) is 6.54. The third-order valence-corrected chi connectivity index (χ3v) is 3.12. The summed E-state index contributed by atoms with van der Waals surface area (Å²) >= 11 is 0. The molecule has 0 fully saturated rings. The van der Waals surface area contributed by atoms with Gasteiger partial charge < -0.3 is 0 Å². The van der Waals surface area contributed by atoms with E-state index in [2.05, 4.69) is 41.5 Å². The summed E-state index contributed by atoms with van der Waals surface area (Å²) in [5.41, 5.74) is 0.583. The average Bonchev–Trinajstić information content (AvgIpc) is 2.20. The van der Waals surface area contributed by atoms with Crippen LogP contribution >= 0.6 is 0 Å². The van der Waals surface area contributed by atoms with E-state index >= 15 is 0 Å². The van der Waals surface area contributed by atoms with Crippen molar-refractivity contribution >= 4 is 0 Å². The Hall–Kier alpha value is 0. The molecule has 0 aromatic heterocycles. The third-order valence-electron chi connectivity index (χ3n) is 3.12. The van der Waals surface area contributed by atoms with Crippen LogP contribution in [0.2, 0.25) is 0 Å². The van der Waals surface area contributed by atoms with E-state index in [1.807, 2.05) is 0 Å². The van der Waals surface area contributed by atoms with Crippen molar-refractivity contribution < 1.29 is 0 Å². The second-order valence-corrected chi connectivity index (χ2v) is 4.93. The Labute approximate surface area is 92.5 Å². The summed E-state index contributed by atoms with van der Waals surface area (Å²) in [6.07, 6.45) is 9.60. The second-order valence-electron chi connectivity index (χ2n) is 4.93. The minimum Gasteiger partial charge on any atom is -0.0654 e. The molecule has 0 amide bonds. The topological polar surface area (TPSA) is 0 Å². The Morgan fingerprint density at radius 2 is 1.00 bits per heavy atom. The Kier molecular flexibility index (Phi) is 13.0. The molecule has 0 aromatic carbocycles. The fraction of sp³-hybridized carbons (Fsp3) is 1.00. The molecule has 0 aliphatic rings. The molecule has 0 aliphatic carbocycles. The van der Waals surface area contributed by atoms with Crippen molar-refractivity contribution in [3.05, 3.63) is 0 Å². The largest absolute Gasteiger partial charge is 0.0654 e. The van der Waals surface area contributed by atoms with Crippen molar-refractivity contribution in [1.82, 2.24) is 0 Å². The summed E-state index contributed by atoms with van der Waals surface area (Å²) in [4.78, 5) is 0. The Bertz CT molecular complexity index is 82.2. The van der Waals surface area contributed by atoms with Crippen LogP contribution in [0.25, 0.3) is 0 Å². The molecule has 0 saturated carbocycles. The monoisotopic (exact) mass is 200 g/mol. The first kappa shape index (κ1) is 16.4. The van der Waals surface area contributed by atoms with Gasteiger partial charge in [-0.05, 0) is 5.41 Å². The third kappa shape index (κ3) is 14.5. The Morgan fingerprint density at radius 3 is 1.14 bits per heavy atom. The van der Waals surface area contributed by atoms with Gasteiger partial charge in [-0.1, -0.05) is 86.5 Å². The van der Waals surface area contributed by atoms with E-state index in [1.165, 1.54) is 44.9 Å². The number of rotatable bonds is 6. The molecule has 0 atom stereocenters. The molecule has 0 bridgehead atoms. The number of hydrogen-bond acceptors (Lipinski definition) is 0. The molecule has 0 heteroatoms. The maximum atomic E-state index is 2.30. The van der Waals surface area contributed by atoms with E-state index in [0.717, 1.165) is 0 Å². The van der Waals surface area contributed by atoms with Gasteiger partial charge in [0.05, 0.1) is 0 Å². The van der Waals surface area contributed by atoms with Crippen LogP contribution in [-0.4, -0.2) is 0 Å². The maximum absolute atomic E-state index is 2.30. The van der Waals surface area contributed by atoms with Crippen LogP contribution in [-0.2, 0) is 0 Å². The van der Waals surface area contributed by atoms with Crippen LogP contribution < -0.4 is 0 Å². The molecule has 0 aromatic rings. The minimum absolute atomic E-state index is 0.583. The van der Waals surface area contributed by atoms with Crippen LogP contribution in [0.15, 0.2) is 0 Å². The fourth-order valence-corrected chi connectivity index (χ4v) is 0.927. The zero-order chi connectivity index (χ0) is 11.4. The molecule has 0 nitrogen and oxygen atoms in total. The Balaban J connectivity index is 0. The van der Waals surface area contributed by atoms with E-state index in [9.17, 15) is 0 Å². The first-order chi connectivity index (χ1) is 6.54. The van der Waals surface area contributed by atoms with Crippen LogP contribution in [0, 0.1) is 5.41 Å². The van der Waals surface area contributed by atoms with Crippen molar-refractivity contribution in [2.24, 2.45) is 5.41 Å². The number of hydrogen-bond donors (Lipinski definition) is 0. The predicted octanol–water partition coefficient (Wildman–Crippen LogP) is 5.81. The first-order valence-electron chi connectivity index (χ1n) is 6.54. The van der Waals surface area contributed by atoms with Gasteiger partial charge in [0, 0.05) is 0 Å². The van der Waals surface area contributed by atoms with Gasteiger partial charge in [-0.3, -0.25) is 0 Å². The van der Waals surface area contributed by atoms with E-state index in [4.69, 9.17) is 0 Å². The van der Waals surface area contributed by atoms with Crippen LogP contribution in [0.5, 0.6) is 0 Å². The molecule has 0 unspecified atom stereocenters. The van der Waals surface area contributed by atoms with Crippen molar-refractivity contribution in [2.75, 3.05) is 0 Å². The fourth-order valence-electron chi connectivity index (χ4n) is 0.927. The summed E-state index contributed by atoms with van der Waals surface area (Å²) in [5.74, 6) is 0. The Morgan fingerprint density at radius 1 is 0.643 bits per heavy atom. The summed E-state index contributed by atoms with van der Waals surface area (Å²) < 4.78 is 0. The molecule has 0 rings (SSSR count). The summed E-state index contributed by atoms with van der Waals surface area (Å²) in [5, 5.41) is 0. The lowest BCUT2D eigenvalue weighted by Gasteiger charge is -2.18. The predicted molar refractivity (Wildman–Crippen MR) is 68.8 cm³/mol. The highest BCUT2D eigenvalue weighted by molar-refractivity contribution is 4.61. The van der Waals surface area contributed by atoms with Gasteiger partial charge >= 0.3 is 0 Å². The molecule has 14 heavy (non-hydrogen) atoms. The highest BCUT2D eigenvalue weighted by atomic mass is 14.1. The van der Waals surface area contributed by atoms with Crippen molar-refractivity contribution in [2.45, 2.75) is 86.5 Å². The standard InChI is InChI=1S/2C7H16/c1-5-7(3,4)6-2;1-3-5-7-6-4-2/h5-6H2,1-4H3;3-7H2,1-2H3. The van der Waals surface area contributed by atoms with Crippen molar-refractivity contribution in [1.29, 1.82) is 0 Å². The number of unbranched alkanes of at least 4 members (excludes halogenated alkanes) is 4. The van der Waals surface area contributed by atoms with E-state index in [-0.39, 0.29) is 0 Å². The van der Waals surface area contributed by atoms with Crippen molar-refractivity contribution in [3.63, 3.8) is 0 Å². The smallest absolute Gasteiger partial charge is 0.0359 e. The summed E-state index contributed by atoms with van der Waals surface area (Å²) in [6, 6.07) is 0. The van der Waals surface area contributed by atoms with E-state index in [1.54, 1.807) is 0 Å². The molecular weight excluding hydrogens is 168 g/mol. The lowest BCUT2D eigenvalue weighted by molar-refractivity contribution is 0.338. The molecule has 0 radical (unpaired) electrons. The second kappa shape index (κ2) is 11.1. The van der Waals surface area contributed by atoms with Crippen LogP contribution in [0.3, 0.4) is 0 Å².